The summed E-state index contributed by atoms with van der Waals surface area (Å²) >= 11 is -1.81. The number of alkyl halides is 3. The maximum absolute atomic E-state index is 13.5. The van der Waals surface area contributed by atoms with E-state index < -0.39 is 20.0 Å². The number of fused-ring (bicyclic) bond motifs is 2. The standard InChI is InChI=1S/C25H26F3N7OSe/c1-33-11-9-24(12-17(24)15-33)31-21-6-2-5-20-22(37-25(26,27)28)19(32-35(20)21)4-3-10-29-23(36)16-13-30-34(14-16)18-7-8-18/h2,5-6,13-14,17-18,31H,7-12,15H2,1H3,(H,29,36). The van der Waals surface area contributed by atoms with E-state index in [1.54, 1.807) is 27.5 Å². The number of carbonyl (C=O) groups excluding carboxylic acids is 1. The van der Waals surface area contributed by atoms with Crippen LogP contribution in [0.25, 0.3) is 5.52 Å². The third-order valence-corrected chi connectivity index (χ3v) is 9.00. The van der Waals surface area contributed by atoms with Crippen molar-refractivity contribution in [2.45, 2.75) is 42.3 Å². The van der Waals surface area contributed by atoms with Crippen molar-refractivity contribution in [3.8, 4) is 11.8 Å². The van der Waals surface area contributed by atoms with Gasteiger partial charge < -0.3 is 0 Å². The van der Waals surface area contributed by atoms with Gasteiger partial charge in [0.1, 0.15) is 0 Å². The van der Waals surface area contributed by atoms with Crippen molar-refractivity contribution in [2.24, 2.45) is 5.92 Å². The number of anilines is 1. The number of hydrogen-bond donors (Lipinski definition) is 2. The second-order valence-corrected chi connectivity index (χ2v) is 12.3. The van der Waals surface area contributed by atoms with Crippen LogP contribution in [0.4, 0.5) is 19.0 Å². The fraction of sp³-hybridized carbons (Fsp3) is 0.480. The molecule has 1 saturated heterocycles. The molecule has 1 aliphatic heterocycles. The molecule has 2 saturated carbocycles. The number of hydrogen-bond acceptors (Lipinski definition) is 5. The molecule has 37 heavy (non-hydrogen) atoms. The number of nitrogens with one attached hydrogen (secondary N) is 2. The van der Waals surface area contributed by atoms with Crippen LogP contribution in [-0.2, 0) is 0 Å². The molecule has 12 heteroatoms. The van der Waals surface area contributed by atoms with E-state index in [-0.39, 0.29) is 28.1 Å². The SMILES string of the molecule is CN1CCC2(Nc3cccc4c([Se]C(F)(F)F)c(C#CCNC(=O)c5cnn(C6CC6)c5)nn34)CC2C1. The molecule has 3 aliphatic rings. The molecule has 6 rings (SSSR count). The van der Waals surface area contributed by atoms with Crippen LogP contribution in [0.1, 0.15) is 47.8 Å². The molecular weight excluding hydrogens is 550 g/mol. The average Bonchev–Trinajstić information content (AvgIpc) is 3.73. The minimum absolute atomic E-state index is 0.0107. The minimum atomic E-state index is -4.35. The molecule has 3 aromatic rings. The van der Waals surface area contributed by atoms with Gasteiger partial charge in [0.05, 0.1) is 0 Å². The normalized spacial score (nSPS) is 23.3. The molecule has 3 fully saturated rings. The molecule has 194 valence electrons. The molecule has 4 heterocycles. The van der Waals surface area contributed by atoms with Crippen LogP contribution in [0.5, 0.6) is 0 Å². The third-order valence-electron chi connectivity index (χ3n) is 7.24. The van der Waals surface area contributed by atoms with Gasteiger partial charge in [-0.3, -0.25) is 0 Å². The van der Waals surface area contributed by atoms with Gasteiger partial charge in [0, 0.05) is 0 Å². The van der Waals surface area contributed by atoms with E-state index in [1.807, 2.05) is 6.07 Å². The predicted molar refractivity (Wildman–Crippen MR) is 133 cm³/mol. The van der Waals surface area contributed by atoms with Crippen molar-refractivity contribution < 1.29 is 18.0 Å². The summed E-state index contributed by atoms with van der Waals surface area (Å²) in [4.78, 5) is 14.7. The molecule has 2 unspecified atom stereocenters. The van der Waals surface area contributed by atoms with E-state index in [9.17, 15) is 18.0 Å². The molecule has 1 amide bonds. The topological polar surface area (TPSA) is 79.5 Å². The van der Waals surface area contributed by atoms with Gasteiger partial charge >= 0.3 is 218 Å². The van der Waals surface area contributed by atoms with E-state index >= 15 is 0 Å². The Morgan fingerprint density at radius 2 is 2.16 bits per heavy atom. The van der Waals surface area contributed by atoms with E-state index in [4.69, 9.17) is 0 Å². The van der Waals surface area contributed by atoms with Crippen molar-refractivity contribution in [2.75, 3.05) is 32.0 Å². The first-order valence-corrected chi connectivity index (χ1v) is 14.0. The summed E-state index contributed by atoms with van der Waals surface area (Å²) in [5, 5.41) is 10.6. The molecule has 8 nitrogen and oxygen atoms in total. The van der Waals surface area contributed by atoms with E-state index in [1.165, 1.54) is 6.20 Å². The van der Waals surface area contributed by atoms with Crippen molar-refractivity contribution in [1.29, 1.82) is 0 Å². The van der Waals surface area contributed by atoms with Gasteiger partial charge in [-0.2, -0.15) is 0 Å². The van der Waals surface area contributed by atoms with Crippen molar-refractivity contribution in [3.05, 3.63) is 41.9 Å². The quantitative estimate of drug-likeness (QED) is 0.347. The fourth-order valence-electron chi connectivity index (χ4n) is 5.04. The number of nitrogens with zero attached hydrogens (tertiary/aromatic N) is 5. The molecule has 0 spiro atoms. The second kappa shape index (κ2) is 9.08. The van der Waals surface area contributed by atoms with Gasteiger partial charge in [-0.1, -0.05) is 0 Å². The van der Waals surface area contributed by atoms with Crippen LogP contribution in [0, 0.1) is 17.8 Å². The Labute approximate surface area is 218 Å². The first-order valence-electron chi connectivity index (χ1n) is 12.3. The van der Waals surface area contributed by atoms with Crippen LogP contribution < -0.4 is 15.1 Å². The molecule has 3 aromatic heterocycles. The van der Waals surface area contributed by atoms with Crippen LogP contribution in [0.2, 0.25) is 0 Å². The summed E-state index contributed by atoms with van der Waals surface area (Å²) < 4.78 is 44.0. The molecule has 0 radical (unpaired) electrons. The molecule has 0 aromatic carbocycles. The fourth-order valence-corrected chi connectivity index (χ4v) is 6.47. The Morgan fingerprint density at radius 1 is 1.32 bits per heavy atom. The Hall–Kier alpha value is -3.00. The molecule has 2 atom stereocenters. The summed E-state index contributed by atoms with van der Waals surface area (Å²) in [5.41, 5.74) is 0.913. The molecular formula is C25H26F3N7OSe. The maximum atomic E-state index is 13.5. The van der Waals surface area contributed by atoms with Gasteiger partial charge in [-0.15, -0.1) is 0 Å². The van der Waals surface area contributed by atoms with Crippen LogP contribution >= 0.6 is 0 Å². The monoisotopic (exact) mass is 577 g/mol. The Kier molecular flexibility index (Phi) is 5.97. The number of aromatic nitrogens is 4. The van der Waals surface area contributed by atoms with E-state index in [2.05, 4.69) is 44.6 Å². The van der Waals surface area contributed by atoms with Crippen LogP contribution in [-0.4, -0.2) is 82.5 Å². The summed E-state index contributed by atoms with van der Waals surface area (Å²) in [6.07, 6.45) is 7.36. The Balaban J connectivity index is 1.22. The number of pyridine rings is 1. The summed E-state index contributed by atoms with van der Waals surface area (Å²) in [7, 11) is 2.11. The zero-order valence-electron chi connectivity index (χ0n) is 20.2. The Bertz CT molecular complexity index is 1420. The van der Waals surface area contributed by atoms with E-state index in [0.717, 1.165) is 38.8 Å². The number of piperidine rings is 1. The number of carbonyl (C=O) groups is 1. The number of amides is 1. The van der Waals surface area contributed by atoms with E-state index in [0.29, 0.717) is 28.9 Å². The Morgan fingerprint density at radius 3 is 2.92 bits per heavy atom. The summed E-state index contributed by atoms with van der Waals surface area (Å²) in [5.74, 6) is 6.45. The molecule has 0 bridgehead atoms. The van der Waals surface area contributed by atoms with Gasteiger partial charge in [0.25, 0.3) is 0 Å². The summed E-state index contributed by atoms with van der Waals surface area (Å²) in [6, 6.07) is 5.64. The number of likely N-dealkylation sites (tertiary alicyclic amines) is 1. The first kappa shape index (κ1) is 24.3. The van der Waals surface area contributed by atoms with Crippen LogP contribution in [0.3, 0.4) is 0 Å². The number of halogens is 3. The zero-order valence-corrected chi connectivity index (χ0v) is 21.9. The second-order valence-electron chi connectivity index (χ2n) is 10.1. The van der Waals surface area contributed by atoms with Gasteiger partial charge in [0.15, 0.2) is 0 Å². The summed E-state index contributed by atoms with van der Waals surface area (Å²) in [6.45, 7) is 1.97. The van der Waals surface area contributed by atoms with Gasteiger partial charge in [-0.25, -0.2) is 0 Å². The van der Waals surface area contributed by atoms with Gasteiger partial charge in [-0.05, 0) is 0 Å². The third kappa shape index (κ3) is 5.08. The number of rotatable bonds is 6. The zero-order chi connectivity index (χ0) is 25.8. The predicted octanol–water partition coefficient (Wildman–Crippen LogP) is 2.00. The van der Waals surface area contributed by atoms with Crippen molar-refractivity contribution in [1.82, 2.24) is 29.6 Å². The first-order chi connectivity index (χ1) is 17.7. The van der Waals surface area contributed by atoms with Gasteiger partial charge in [0.2, 0.25) is 0 Å². The van der Waals surface area contributed by atoms with Crippen molar-refractivity contribution >= 4 is 36.7 Å². The average molecular weight is 576 g/mol. The van der Waals surface area contributed by atoms with Crippen molar-refractivity contribution in [3.63, 3.8) is 0 Å². The van der Waals surface area contributed by atoms with Crippen LogP contribution in [0.15, 0.2) is 30.6 Å². The molecule has 2 N–H and O–H groups in total. The molecule has 2 aliphatic carbocycles.